The van der Waals surface area contributed by atoms with Crippen LogP contribution < -0.4 is 0 Å². The van der Waals surface area contributed by atoms with Crippen molar-refractivity contribution in [1.82, 2.24) is 29.4 Å². The minimum Gasteiger partial charge on any atom is -0.457 e. The number of rotatable bonds is 6. The Balaban J connectivity index is 1.14. The molecule has 182 valence electrons. The van der Waals surface area contributed by atoms with E-state index >= 15 is 0 Å². The summed E-state index contributed by atoms with van der Waals surface area (Å²) in [5.74, 6) is -0.327. The number of aliphatic hydroxyl groups excluding tert-OH is 1. The average molecular weight is 497 g/mol. The van der Waals surface area contributed by atoms with Gasteiger partial charge in [-0.3, -0.25) is 4.90 Å². The molecule has 3 aliphatic rings. The second kappa shape index (κ2) is 8.19. The first-order chi connectivity index (χ1) is 16.8. The third-order valence-electron chi connectivity index (χ3n) is 7.33. The van der Waals surface area contributed by atoms with Gasteiger partial charge in [0.05, 0.1) is 22.3 Å². The number of cyclic esters (lactones) is 1. The van der Waals surface area contributed by atoms with Crippen molar-refractivity contribution in [3.05, 3.63) is 65.0 Å². The first-order valence-corrected chi connectivity index (χ1v) is 12.8. The van der Waals surface area contributed by atoms with E-state index in [9.17, 15) is 18.3 Å². The number of ether oxygens (including phenoxy) is 1. The second-order valence-electron chi connectivity index (χ2n) is 9.22. The molecule has 2 aromatic carbocycles. The number of carbonyl (C=O) groups excluding carboxylic acids is 1. The maximum absolute atomic E-state index is 13.3. The van der Waals surface area contributed by atoms with E-state index in [1.165, 1.54) is 11.0 Å². The fourth-order valence-corrected chi connectivity index (χ4v) is 7.13. The monoisotopic (exact) mass is 496 g/mol. The minimum atomic E-state index is -3.64. The maximum Gasteiger partial charge on any atom is 0.338 e. The van der Waals surface area contributed by atoms with Crippen LogP contribution in [0.5, 0.6) is 0 Å². The summed E-state index contributed by atoms with van der Waals surface area (Å²) in [5, 5.41) is 22.0. The van der Waals surface area contributed by atoms with E-state index < -0.39 is 16.1 Å². The molecule has 0 saturated carbocycles. The molecule has 35 heavy (non-hydrogen) atoms. The maximum atomic E-state index is 13.3. The van der Waals surface area contributed by atoms with Crippen molar-refractivity contribution < 1.29 is 23.1 Å². The van der Waals surface area contributed by atoms with Gasteiger partial charge in [0.15, 0.2) is 0 Å². The van der Waals surface area contributed by atoms with Crippen LogP contribution in [0.25, 0.3) is 5.69 Å². The van der Waals surface area contributed by atoms with Gasteiger partial charge >= 0.3 is 5.97 Å². The fraction of sp³-hybridized carbons (Fsp3) is 0.391. The van der Waals surface area contributed by atoms with Gasteiger partial charge in [0.1, 0.15) is 12.9 Å². The van der Waals surface area contributed by atoms with Crippen LogP contribution in [-0.4, -0.2) is 80.6 Å². The lowest BCUT2D eigenvalue weighted by molar-refractivity contribution is 0.0535. The molecule has 2 bridgehead atoms. The van der Waals surface area contributed by atoms with Crippen molar-refractivity contribution in [2.24, 2.45) is 0 Å². The van der Waals surface area contributed by atoms with Crippen molar-refractivity contribution in [3.8, 4) is 5.69 Å². The molecule has 0 spiro atoms. The van der Waals surface area contributed by atoms with E-state index in [0.29, 0.717) is 30.9 Å². The topological polar surface area (TPSA) is 131 Å². The summed E-state index contributed by atoms with van der Waals surface area (Å²) in [4.78, 5) is 14.2. The third kappa shape index (κ3) is 3.64. The molecule has 0 aliphatic carbocycles. The van der Waals surface area contributed by atoms with Crippen molar-refractivity contribution >= 4 is 16.0 Å². The first-order valence-electron chi connectivity index (χ1n) is 11.4. The van der Waals surface area contributed by atoms with Gasteiger partial charge in [-0.05, 0) is 65.2 Å². The lowest BCUT2D eigenvalue weighted by atomic mass is 9.95. The molecule has 11 nitrogen and oxygen atoms in total. The van der Waals surface area contributed by atoms with E-state index in [1.54, 1.807) is 40.7 Å². The van der Waals surface area contributed by atoms with Crippen LogP contribution in [-0.2, 0) is 21.4 Å². The van der Waals surface area contributed by atoms with Crippen molar-refractivity contribution in [2.45, 2.75) is 43.0 Å². The van der Waals surface area contributed by atoms with E-state index in [4.69, 9.17) is 4.74 Å². The first kappa shape index (κ1) is 22.3. The Morgan fingerprint density at radius 2 is 1.94 bits per heavy atom. The van der Waals surface area contributed by atoms with Crippen LogP contribution in [0.3, 0.4) is 0 Å². The molecule has 0 unspecified atom stereocenters. The molecule has 2 fully saturated rings. The van der Waals surface area contributed by atoms with E-state index in [0.717, 1.165) is 23.1 Å². The molecule has 2 saturated heterocycles. The molecule has 0 radical (unpaired) electrons. The SMILES string of the molecule is Cc1c([C@@H](O)CN2C[C@@H]3C[C@H]2CN3S(=O)(=O)c2ccc(-n3cnnn3)cc2)ccc2c1COC2=O. The predicted octanol–water partition coefficient (Wildman–Crippen LogP) is 0.822. The number of hydrogen-bond acceptors (Lipinski definition) is 9. The molecule has 1 aromatic heterocycles. The molecular weight excluding hydrogens is 472 g/mol. The number of aliphatic hydroxyl groups is 1. The summed E-state index contributed by atoms with van der Waals surface area (Å²) in [6.07, 6.45) is 1.45. The lowest BCUT2D eigenvalue weighted by Gasteiger charge is -2.34. The number of hydrogen-bond donors (Lipinski definition) is 1. The van der Waals surface area contributed by atoms with E-state index in [1.807, 2.05) is 6.92 Å². The number of fused-ring (bicyclic) bond motifs is 3. The van der Waals surface area contributed by atoms with Crippen molar-refractivity contribution in [2.75, 3.05) is 19.6 Å². The average Bonchev–Trinajstić information content (AvgIpc) is 3.65. The van der Waals surface area contributed by atoms with Crippen LogP contribution in [0, 0.1) is 6.92 Å². The van der Waals surface area contributed by atoms with Gasteiger partial charge in [-0.2, -0.15) is 4.31 Å². The zero-order chi connectivity index (χ0) is 24.3. The van der Waals surface area contributed by atoms with Crippen LogP contribution >= 0.6 is 0 Å². The Morgan fingerprint density at radius 3 is 2.63 bits per heavy atom. The summed E-state index contributed by atoms with van der Waals surface area (Å²) < 4.78 is 34.8. The minimum absolute atomic E-state index is 0.0459. The van der Waals surface area contributed by atoms with Gasteiger partial charge in [-0.1, -0.05) is 6.07 Å². The number of nitrogens with zero attached hydrogens (tertiary/aromatic N) is 6. The quantitative estimate of drug-likeness (QED) is 0.493. The second-order valence-corrected chi connectivity index (χ2v) is 11.1. The van der Waals surface area contributed by atoms with Gasteiger partial charge in [-0.15, -0.1) is 5.10 Å². The number of piperazine rings is 1. The molecular formula is C23H24N6O5S. The van der Waals surface area contributed by atoms with Crippen LogP contribution in [0.2, 0.25) is 0 Å². The Morgan fingerprint density at radius 1 is 1.14 bits per heavy atom. The number of esters is 1. The van der Waals surface area contributed by atoms with Gasteiger partial charge < -0.3 is 9.84 Å². The molecule has 0 amide bonds. The summed E-state index contributed by atoms with van der Waals surface area (Å²) in [6.45, 7) is 3.49. The molecule has 3 atom stereocenters. The highest BCUT2D eigenvalue weighted by Gasteiger charge is 2.48. The van der Waals surface area contributed by atoms with Crippen molar-refractivity contribution in [3.63, 3.8) is 0 Å². The Hall–Kier alpha value is -3.19. The van der Waals surface area contributed by atoms with Crippen LogP contribution in [0.4, 0.5) is 0 Å². The zero-order valence-corrected chi connectivity index (χ0v) is 19.8. The highest BCUT2D eigenvalue weighted by molar-refractivity contribution is 7.89. The van der Waals surface area contributed by atoms with Crippen molar-refractivity contribution in [1.29, 1.82) is 0 Å². The smallest absolute Gasteiger partial charge is 0.338 e. The largest absolute Gasteiger partial charge is 0.457 e. The number of carbonyl (C=O) groups is 1. The Labute approximate surface area is 202 Å². The molecule has 6 rings (SSSR count). The summed E-state index contributed by atoms with van der Waals surface area (Å²) >= 11 is 0. The Bertz CT molecular complexity index is 1390. The molecule has 4 heterocycles. The predicted molar refractivity (Wildman–Crippen MR) is 122 cm³/mol. The zero-order valence-electron chi connectivity index (χ0n) is 19.0. The molecule has 3 aromatic rings. The number of sulfonamides is 1. The van der Waals surface area contributed by atoms with Gasteiger partial charge in [0.2, 0.25) is 10.0 Å². The molecule has 3 aliphatic heterocycles. The highest BCUT2D eigenvalue weighted by atomic mass is 32.2. The van der Waals surface area contributed by atoms with Crippen LogP contribution in [0.15, 0.2) is 47.6 Å². The number of aromatic nitrogens is 4. The van der Waals surface area contributed by atoms with Gasteiger partial charge in [0.25, 0.3) is 0 Å². The molecule has 1 N–H and O–H groups in total. The number of likely N-dealkylation sites (tertiary alicyclic amines) is 1. The highest BCUT2D eigenvalue weighted by Crippen LogP contribution is 2.37. The normalized spacial score (nSPS) is 23.0. The van der Waals surface area contributed by atoms with E-state index in [-0.39, 0.29) is 29.6 Å². The fourth-order valence-electron chi connectivity index (χ4n) is 5.47. The van der Waals surface area contributed by atoms with Gasteiger partial charge in [-0.25, -0.2) is 17.9 Å². The van der Waals surface area contributed by atoms with Gasteiger partial charge in [0, 0.05) is 37.3 Å². The van der Waals surface area contributed by atoms with Crippen LogP contribution in [0.1, 0.15) is 39.6 Å². The van der Waals surface area contributed by atoms with E-state index in [2.05, 4.69) is 20.4 Å². The standard InChI is InChI=1S/C23H24N6O5S/c1-14-19(6-7-20-21(14)12-34-23(20)31)22(30)11-27-9-17-8-16(27)10-29(17)35(32,33)18-4-2-15(3-5-18)28-13-24-25-26-28/h2-7,13,16-17,22,30H,8-12H2,1H3/t16-,17-,22-/m0/s1. The Kier molecular flexibility index (Phi) is 5.22. The summed E-state index contributed by atoms with van der Waals surface area (Å²) in [5.41, 5.74) is 3.72. The number of tetrazole rings is 1. The number of β-amino-alcohol motifs (C(OH)–C–C–N with tert-alkyl or cyclic N) is 1. The molecule has 12 heteroatoms. The number of benzene rings is 2. The summed E-state index contributed by atoms with van der Waals surface area (Å²) in [7, 11) is -3.64. The summed E-state index contributed by atoms with van der Waals surface area (Å²) in [6, 6.07) is 9.92. The third-order valence-corrected chi connectivity index (χ3v) is 9.27. The lowest BCUT2D eigenvalue weighted by Crippen LogP contribution is -2.49.